The van der Waals surface area contributed by atoms with Gasteiger partial charge in [-0.1, -0.05) is 18.9 Å². The Bertz CT molecular complexity index is 598. The predicted molar refractivity (Wildman–Crippen MR) is 84.1 cm³/mol. The van der Waals surface area contributed by atoms with Crippen molar-refractivity contribution in [2.45, 2.75) is 32.6 Å². The van der Waals surface area contributed by atoms with Crippen molar-refractivity contribution in [2.24, 2.45) is 11.8 Å². The molecule has 0 saturated heterocycles. The van der Waals surface area contributed by atoms with Crippen LogP contribution in [0.4, 0.5) is 5.69 Å². The van der Waals surface area contributed by atoms with Crippen molar-refractivity contribution >= 4 is 23.5 Å². The van der Waals surface area contributed by atoms with E-state index in [2.05, 4.69) is 5.32 Å². The molecule has 0 aliphatic heterocycles. The molecule has 124 valence electrons. The van der Waals surface area contributed by atoms with Crippen LogP contribution in [0.25, 0.3) is 0 Å². The third-order valence-corrected chi connectivity index (χ3v) is 4.06. The largest absolute Gasteiger partial charge is 0.481 e. The monoisotopic (exact) mass is 319 g/mol. The maximum Gasteiger partial charge on any atom is 0.338 e. The van der Waals surface area contributed by atoms with Gasteiger partial charge in [0.1, 0.15) is 0 Å². The maximum absolute atomic E-state index is 12.4. The summed E-state index contributed by atoms with van der Waals surface area (Å²) in [4.78, 5) is 35.4. The van der Waals surface area contributed by atoms with Crippen LogP contribution in [0.15, 0.2) is 24.3 Å². The Morgan fingerprint density at radius 1 is 1.22 bits per heavy atom. The number of hydrogen-bond acceptors (Lipinski definition) is 4. The molecule has 2 atom stereocenters. The summed E-state index contributed by atoms with van der Waals surface area (Å²) in [6, 6.07) is 6.46. The van der Waals surface area contributed by atoms with Crippen molar-refractivity contribution < 1.29 is 24.2 Å². The lowest BCUT2D eigenvalue weighted by molar-refractivity contribution is -0.147. The van der Waals surface area contributed by atoms with Crippen molar-refractivity contribution in [1.29, 1.82) is 0 Å². The quantitative estimate of drug-likeness (QED) is 0.814. The van der Waals surface area contributed by atoms with Gasteiger partial charge >= 0.3 is 11.9 Å². The van der Waals surface area contributed by atoms with Crippen molar-refractivity contribution in [1.82, 2.24) is 0 Å². The second-order valence-electron chi connectivity index (χ2n) is 5.63. The first-order valence-corrected chi connectivity index (χ1v) is 7.83. The van der Waals surface area contributed by atoms with Crippen LogP contribution in [-0.2, 0) is 14.3 Å². The number of carboxylic acids is 1. The summed E-state index contributed by atoms with van der Waals surface area (Å²) in [5.74, 6) is -2.86. The zero-order chi connectivity index (χ0) is 16.8. The Morgan fingerprint density at radius 2 is 1.91 bits per heavy atom. The first-order valence-electron chi connectivity index (χ1n) is 7.83. The fourth-order valence-electron chi connectivity index (χ4n) is 2.91. The molecule has 2 rings (SSSR count). The number of benzene rings is 1. The van der Waals surface area contributed by atoms with E-state index >= 15 is 0 Å². The summed E-state index contributed by atoms with van der Waals surface area (Å²) in [7, 11) is 0. The van der Waals surface area contributed by atoms with Gasteiger partial charge in [0.15, 0.2) is 0 Å². The molecular weight excluding hydrogens is 298 g/mol. The van der Waals surface area contributed by atoms with Crippen LogP contribution in [-0.4, -0.2) is 29.6 Å². The van der Waals surface area contributed by atoms with Crippen LogP contribution in [0, 0.1) is 11.8 Å². The smallest absolute Gasteiger partial charge is 0.338 e. The second-order valence-corrected chi connectivity index (χ2v) is 5.63. The van der Waals surface area contributed by atoms with Gasteiger partial charge in [-0.2, -0.15) is 0 Å². The zero-order valence-corrected chi connectivity index (χ0v) is 13.1. The highest BCUT2D eigenvalue weighted by Crippen LogP contribution is 2.31. The molecule has 1 fully saturated rings. The first kappa shape index (κ1) is 17.0. The van der Waals surface area contributed by atoms with E-state index < -0.39 is 23.8 Å². The van der Waals surface area contributed by atoms with Gasteiger partial charge in [0.2, 0.25) is 5.91 Å². The third kappa shape index (κ3) is 4.31. The molecule has 1 aliphatic rings. The van der Waals surface area contributed by atoms with E-state index in [1.807, 2.05) is 0 Å². The fraction of sp³-hybridized carbons (Fsp3) is 0.471. The SMILES string of the molecule is CCOC(=O)c1cccc(NC(=O)C2CCCCC2C(=O)O)c1. The average molecular weight is 319 g/mol. The molecule has 0 radical (unpaired) electrons. The molecule has 0 spiro atoms. The number of ether oxygens (including phenoxy) is 1. The summed E-state index contributed by atoms with van der Waals surface area (Å²) >= 11 is 0. The number of carbonyl (C=O) groups excluding carboxylic acids is 2. The molecule has 0 bridgehead atoms. The number of anilines is 1. The van der Waals surface area contributed by atoms with Gasteiger partial charge in [-0.05, 0) is 38.0 Å². The molecule has 0 heterocycles. The Labute approximate surface area is 134 Å². The van der Waals surface area contributed by atoms with Crippen molar-refractivity contribution in [3.8, 4) is 0 Å². The molecule has 1 aromatic carbocycles. The van der Waals surface area contributed by atoms with Crippen molar-refractivity contribution in [2.75, 3.05) is 11.9 Å². The highest BCUT2D eigenvalue weighted by molar-refractivity contribution is 5.97. The highest BCUT2D eigenvalue weighted by Gasteiger charge is 2.35. The molecule has 2 unspecified atom stereocenters. The molecular formula is C17H21NO5. The van der Waals surface area contributed by atoms with Gasteiger partial charge in [0.25, 0.3) is 0 Å². The molecule has 2 N–H and O–H groups in total. The highest BCUT2D eigenvalue weighted by atomic mass is 16.5. The molecule has 1 aromatic rings. The minimum Gasteiger partial charge on any atom is -0.481 e. The second kappa shape index (κ2) is 7.76. The number of hydrogen-bond donors (Lipinski definition) is 2. The summed E-state index contributed by atoms with van der Waals surface area (Å²) in [5.41, 5.74) is 0.818. The van der Waals surface area contributed by atoms with E-state index in [1.54, 1.807) is 25.1 Å². The number of esters is 1. The lowest BCUT2D eigenvalue weighted by atomic mass is 9.78. The summed E-state index contributed by atoms with van der Waals surface area (Å²) in [5, 5.41) is 12.0. The van der Waals surface area contributed by atoms with Gasteiger partial charge < -0.3 is 15.2 Å². The lowest BCUT2D eigenvalue weighted by Gasteiger charge is -2.27. The molecule has 23 heavy (non-hydrogen) atoms. The van der Waals surface area contributed by atoms with Gasteiger partial charge in [0, 0.05) is 5.69 Å². The van der Waals surface area contributed by atoms with Crippen LogP contribution in [0.5, 0.6) is 0 Å². The molecule has 1 aliphatic carbocycles. The zero-order valence-electron chi connectivity index (χ0n) is 13.1. The van der Waals surface area contributed by atoms with Crippen LogP contribution in [0.3, 0.4) is 0 Å². The molecule has 6 heteroatoms. The minimum absolute atomic E-state index is 0.276. The number of rotatable bonds is 5. The molecule has 1 saturated carbocycles. The van der Waals surface area contributed by atoms with Gasteiger partial charge in [0.05, 0.1) is 24.0 Å². The van der Waals surface area contributed by atoms with Crippen LogP contribution < -0.4 is 5.32 Å². The fourth-order valence-corrected chi connectivity index (χ4v) is 2.91. The number of nitrogens with one attached hydrogen (secondary N) is 1. The molecule has 1 amide bonds. The Hall–Kier alpha value is -2.37. The lowest BCUT2D eigenvalue weighted by Crippen LogP contribution is -2.36. The Kier molecular flexibility index (Phi) is 5.73. The normalized spacial score (nSPS) is 20.6. The Morgan fingerprint density at radius 3 is 2.57 bits per heavy atom. The van der Waals surface area contributed by atoms with Crippen LogP contribution in [0.1, 0.15) is 43.0 Å². The number of aliphatic carboxylic acids is 1. The van der Waals surface area contributed by atoms with Gasteiger partial charge in [-0.25, -0.2) is 4.79 Å². The predicted octanol–water partition coefficient (Wildman–Crippen LogP) is 2.69. The number of carboxylic acid groups (broad SMARTS) is 1. The van der Waals surface area contributed by atoms with Gasteiger partial charge in [-0.3, -0.25) is 9.59 Å². The summed E-state index contributed by atoms with van der Waals surface area (Å²) < 4.78 is 4.92. The maximum atomic E-state index is 12.4. The number of carbonyl (C=O) groups is 3. The van der Waals surface area contributed by atoms with E-state index in [0.29, 0.717) is 24.1 Å². The van der Waals surface area contributed by atoms with Crippen LogP contribution >= 0.6 is 0 Å². The average Bonchev–Trinajstić information content (AvgIpc) is 2.55. The van der Waals surface area contributed by atoms with E-state index in [4.69, 9.17) is 4.74 Å². The summed E-state index contributed by atoms with van der Waals surface area (Å²) in [6.45, 7) is 2.00. The van der Waals surface area contributed by atoms with E-state index in [0.717, 1.165) is 12.8 Å². The van der Waals surface area contributed by atoms with Crippen LogP contribution in [0.2, 0.25) is 0 Å². The molecule has 6 nitrogen and oxygen atoms in total. The summed E-state index contributed by atoms with van der Waals surface area (Å²) in [6.07, 6.45) is 2.78. The van der Waals surface area contributed by atoms with Gasteiger partial charge in [-0.15, -0.1) is 0 Å². The standard InChI is InChI=1S/C17H21NO5/c1-2-23-17(22)11-6-5-7-12(10-11)18-15(19)13-8-3-4-9-14(13)16(20)21/h5-7,10,13-14H,2-4,8-9H2,1H3,(H,18,19)(H,20,21). The third-order valence-electron chi connectivity index (χ3n) is 4.06. The van der Waals surface area contributed by atoms with E-state index in [-0.39, 0.29) is 12.5 Å². The number of amides is 1. The minimum atomic E-state index is -0.926. The van der Waals surface area contributed by atoms with Crippen molar-refractivity contribution in [3.05, 3.63) is 29.8 Å². The first-order chi connectivity index (χ1) is 11.0. The van der Waals surface area contributed by atoms with E-state index in [1.165, 1.54) is 6.07 Å². The van der Waals surface area contributed by atoms with E-state index in [9.17, 15) is 19.5 Å². The topological polar surface area (TPSA) is 92.7 Å². The Balaban J connectivity index is 2.08. The molecule has 0 aromatic heterocycles. The van der Waals surface area contributed by atoms with Crippen molar-refractivity contribution in [3.63, 3.8) is 0 Å².